The van der Waals surface area contributed by atoms with Gasteiger partial charge in [0, 0.05) is 25.5 Å². The van der Waals surface area contributed by atoms with Gasteiger partial charge in [-0.3, -0.25) is 4.98 Å². The first kappa shape index (κ1) is 10.9. The molecule has 4 nitrogen and oxygen atoms in total. The van der Waals surface area contributed by atoms with Gasteiger partial charge in [0.25, 0.3) is 0 Å². The minimum atomic E-state index is 0.399. The normalized spacial score (nSPS) is 12.6. The molecule has 0 radical (unpaired) electrons. The van der Waals surface area contributed by atoms with Crippen LogP contribution in [0.25, 0.3) is 0 Å². The quantitative estimate of drug-likeness (QED) is 0.775. The summed E-state index contributed by atoms with van der Waals surface area (Å²) in [6.07, 6.45) is 4.39. The molecule has 0 aliphatic heterocycles. The zero-order chi connectivity index (χ0) is 10.6. The molecule has 0 saturated carbocycles. The molecule has 4 heteroatoms. The molecule has 0 bridgehead atoms. The Morgan fingerprint density at radius 2 is 2.07 bits per heavy atom. The summed E-state index contributed by atoms with van der Waals surface area (Å²) in [5.41, 5.74) is 6.48. The molecule has 0 fully saturated rings. The van der Waals surface area contributed by atoms with Crippen LogP contribution in [0.2, 0.25) is 0 Å². The first-order valence-electron chi connectivity index (χ1n) is 4.87. The number of hydrogen-bond donors (Lipinski definition) is 1. The van der Waals surface area contributed by atoms with E-state index in [9.17, 15) is 0 Å². The highest BCUT2D eigenvalue weighted by Gasteiger charge is 2.12. The maximum absolute atomic E-state index is 5.52. The van der Waals surface area contributed by atoms with Crippen LogP contribution in [0.4, 0.5) is 5.82 Å². The van der Waals surface area contributed by atoms with E-state index in [1.54, 1.807) is 12.4 Å². The van der Waals surface area contributed by atoms with Crippen molar-refractivity contribution in [3.63, 3.8) is 0 Å². The Morgan fingerprint density at radius 1 is 1.43 bits per heavy atom. The summed E-state index contributed by atoms with van der Waals surface area (Å²) in [5, 5.41) is 0. The van der Waals surface area contributed by atoms with Crippen LogP contribution in [-0.2, 0) is 0 Å². The summed E-state index contributed by atoms with van der Waals surface area (Å²) in [7, 11) is 2.03. The largest absolute Gasteiger partial charge is 0.355 e. The third kappa shape index (κ3) is 2.42. The van der Waals surface area contributed by atoms with Crippen LogP contribution in [0.3, 0.4) is 0 Å². The number of hydrogen-bond acceptors (Lipinski definition) is 4. The van der Waals surface area contributed by atoms with Crippen molar-refractivity contribution in [3.05, 3.63) is 18.1 Å². The molecule has 1 heterocycles. The van der Waals surface area contributed by atoms with E-state index < -0.39 is 0 Å². The minimum Gasteiger partial charge on any atom is -0.355 e. The fraction of sp³-hybridized carbons (Fsp3) is 0.600. The Labute approximate surface area is 85.2 Å². The second kappa shape index (κ2) is 4.91. The number of aryl methyl sites for hydroxylation is 1. The maximum Gasteiger partial charge on any atom is 0.149 e. The van der Waals surface area contributed by atoms with Gasteiger partial charge in [-0.05, 0) is 26.8 Å². The van der Waals surface area contributed by atoms with Crippen molar-refractivity contribution in [1.82, 2.24) is 9.97 Å². The van der Waals surface area contributed by atoms with E-state index in [0.717, 1.165) is 17.9 Å². The third-order valence-electron chi connectivity index (χ3n) is 2.43. The van der Waals surface area contributed by atoms with Crippen molar-refractivity contribution >= 4 is 5.82 Å². The summed E-state index contributed by atoms with van der Waals surface area (Å²) in [4.78, 5) is 10.6. The Kier molecular flexibility index (Phi) is 3.83. The van der Waals surface area contributed by atoms with Crippen molar-refractivity contribution in [2.45, 2.75) is 26.3 Å². The van der Waals surface area contributed by atoms with Gasteiger partial charge in [-0.2, -0.15) is 0 Å². The standard InChI is InChI=1S/C10H18N4/c1-8(4-5-11)14(3)10-9(2)12-6-7-13-10/h6-8H,4-5,11H2,1-3H3. The van der Waals surface area contributed by atoms with Crippen LogP contribution in [0.15, 0.2) is 12.4 Å². The van der Waals surface area contributed by atoms with E-state index in [1.807, 2.05) is 14.0 Å². The molecule has 0 aliphatic rings. The van der Waals surface area contributed by atoms with Gasteiger partial charge in [0.15, 0.2) is 0 Å². The smallest absolute Gasteiger partial charge is 0.149 e. The molecule has 0 spiro atoms. The molecule has 1 aromatic rings. The molecule has 0 amide bonds. The average molecular weight is 194 g/mol. The summed E-state index contributed by atoms with van der Waals surface area (Å²) >= 11 is 0. The van der Waals surface area contributed by atoms with Crippen LogP contribution in [0.5, 0.6) is 0 Å². The predicted octanol–water partition coefficient (Wildman–Crippen LogP) is 0.959. The van der Waals surface area contributed by atoms with Gasteiger partial charge < -0.3 is 10.6 Å². The van der Waals surface area contributed by atoms with Gasteiger partial charge >= 0.3 is 0 Å². The topological polar surface area (TPSA) is 55.0 Å². The van der Waals surface area contributed by atoms with E-state index in [1.165, 1.54) is 0 Å². The van der Waals surface area contributed by atoms with Gasteiger partial charge in [0.1, 0.15) is 5.82 Å². The lowest BCUT2D eigenvalue weighted by molar-refractivity contribution is 0.626. The molecule has 0 saturated heterocycles. The molecule has 1 atom stereocenters. The van der Waals surface area contributed by atoms with Crippen molar-refractivity contribution in [1.29, 1.82) is 0 Å². The van der Waals surface area contributed by atoms with Crippen LogP contribution < -0.4 is 10.6 Å². The lowest BCUT2D eigenvalue weighted by Gasteiger charge is -2.26. The Morgan fingerprint density at radius 3 is 2.64 bits per heavy atom. The van der Waals surface area contributed by atoms with E-state index in [4.69, 9.17) is 5.73 Å². The summed E-state index contributed by atoms with van der Waals surface area (Å²) in [6.45, 7) is 4.81. The van der Waals surface area contributed by atoms with Crippen molar-refractivity contribution in [3.8, 4) is 0 Å². The highest BCUT2D eigenvalue weighted by molar-refractivity contribution is 5.42. The lowest BCUT2D eigenvalue weighted by atomic mass is 10.2. The third-order valence-corrected chi connectivity index (χ3v) is 2.43. The number of nitrogens with two attached hydrogens (primary N) is 1. The van der Waals surface area contributed by atoms with Crippen LogP contribution in [0, 0.1) is 6.92 Å². The van der Waals surface area contributed by atoms with Gasteiger partial charge in [-0.1, -0.05) is 0 Å². The van der Waals surface area contributed by atoms with Crippen LogP contribution in [-0.4, -0.2) is 29.6 Å². The van der Waals surface area contributed by atoms with Crippen LogP contribution >= 0.6 is 0 Å². The molecule has 1 unspecified atom stereocenters. The van der Waals surface area contributed by atoms with Gasteiger partial charge in [0.2, 0.25) is 0 Å². The Bertz CT molecular complexity index is 287. The highest BCUT2D eigenvalue weighted by atomic mass is 15.2. The first-order chi connectivity index (χ1) is 6.66. The second-order valence-corrected chi connectivity index (χ2v) is 3.50. The zero-order valence-electron chi connectivity index (χ0n) is 9.07. The van der Waals surface area contributed by atoms with Gasteiger partial charge in [-0.15, -0.1) is 0 Å². The number of nitrogens with zero attached hydrogens (tertiary/aromatic N) is 3. The highest BCUT2D eigenvalue weighted by Crippen LogP contribution is 2.15. The van der Waals surface area contributed by atoms with E-state index >= 15 is 0 Å². The summed E-state index contributed by atoms with van der Waals surface area (Å²) < 4.78 is 0. The lowest BCUT2D eigenvalue weighted by Crippen LogP contribution is -2.32. The molecular formula is C10H18N4. The number of aromatic nitrogens is 2. The fourth-order valence-corrected chi connectivity index (χ4v) is 1.39. The van der Waals surface area contributed by atoms with Gasteiger partial charge in [-0.25, -0.2) is 4.98 Å². The Hall–Kier alpha value is -1.16. The van der Waals surface area contributed by atoms with Crippen molar-refractivity contribution in [2.75, 3.05) is 18.5 Å². The molecule has 1 aromatic heterocycles. The SMILES string of the molecule is Cc1nccnc1N(C)C(C)CCN. The summed E-state index contributed by atoms with van der Waals surface area (Å²) in [5.74, 6) is 0.938. The van der Waals surface area contributed by atoms with Gasteiger partial charge in [0.05, 0.1) is 5.69 Å². The monoisotopic (exact) mass is 194 g/mol. The Balaban J connectivity index is 2.78. The molecule has 78 valence electrons. The molecule has 2 N–H and O–H groups in total. The zero-order valence-corrected chi connectivity index (χ0v) is 9.07. The molecule has 0 aromatic carbocycles. The number of anilines is 1. The van der Waals surface area contributed by atoms with Crippen molar-refractivity contribution < 1.29 is 0 Å². The molecule has 0 aliphatic carbocycles. The molecule has 1 rings (SSSR count). The van der Waals surface area contributed by atoms with E-state index in [2.05, 4.69) is 21.8 Å². The molecule has 14 heavy (non-hydrogen) atoms. The maximum atomic E-state index is 5.52. The van der Waals surface area contributed by atoms with E-state index in [-0.39, 0.29) is 0 Å². The second-order valence-electron chi connectivity index (χ2n) is 3.50. The van der Waals surface area contributed by atoms with Crippen molar-refractivity contribution in [2.24, 2.45) is 5.73 Å². The van der Waals surface area contributed by atoms with E-state index in [0.29, 0.717) is 12.6 Å². The first-order valence-corrected chi connectivity index (χ1v) is 4.87. The average Bonchev–Trinajstić information content (AvgIpc) is 2.18. The predicted molar refractivity (Wildman–Crippen MR) is 58.3 cm³/mol. The number of rotatable bonds is 4. The van der Waals surface area contributed by atoms with Crippen LogP contribution in [0.1, 0.15) is 19.0 Å². The molecular weight excluding hydrogens is 176 g/mol. The fourth-order valence-electron chi connectivity index (χ4n) is 1.39. The minimum absolute atomic E-state index is 0.399. The summed E-state index contributed by atoms with van der Waals surface area (Å²) in [6, 6.07) is 0.399.